The number of nitrogens with one attached hydrogen (secondary N) is 1. The normalized spacial score (nSPS) is 10.8. The molecule has 2 aromatic heterocycles. The van der Waals surface area contributed by atoms with Gasteiger partial charge in [0.25, 0.3) is 5.91 Å². The first-order valence-corrected chi connectivity index (χ1v) is 10.1. The van der Waals surface area contributed by atoms with Gasteiger partial charge in [0.1, 0.15) is 22.9 Å². The Morgan fingerprint density at radius 2 is 1.84 bits per heavy atom. The SMILES string of the molecule is COc1ccc(C(=O)NC(=O)CSc2ncnc3c2cnn3-c2ccc(F)cc2)cc1. The van der Waals surface area contributed by atoms with E-state index in [1.54, 1.807) is 47.3 Å². The number of methoxy groups -OCH3 is 1. The molecule has 31 heavy (non-hydrogen) atoms. The molecule has 10 heteroatoms. The molecule has 0 radical (unpaired) electrons. The number of carbonyl (C=O) groups excluding carboxylic acids is 2. The van der Waals surface area contributed by atoms with E-state index in [1.807, 2.05) is 0 Å². The first-order chi connectivity index (χ1) is 15.0. The number of thioether (sulfide) groups is 1. The van der Waals surface area contributed by atoms with E-state index >= 15 is 0 Å². The number of nitrogens with zero attached hydrogens (tertiary/aromatic N) is 4. The zero-order valence-electron chi connectivity index (χ0n) is 16.3. The van der Waals surface area contributed by atoms with Crippen molar-refractivity contribution in [2.75, 3.05) is 12.9 Å². The van der Waals surface area contributed by atoms with Crippen molar-refractivity contribution in [1.82, 2.24) is 25.1 Å². The number of aromatic nitrogens is 4. The van der Waals surface area contributed by atoms with Gasteiger partial charge in [-0.25, -0.2) is 19.0 Å². The summed E-state index contributed by atoms with van der Waals surface area (Å²) in [5.74, 6) is -0.696. The van der Waals surface area contributed by atoms with E-state index in [4.69, 9.17) is 4.74 Å². The number of ether oxygens (including phenoxy) is 1. The Morgan fingerprint density at radius 1 is 1.10 bits per heavy atom. The molecule has 1 N–H and O–H groups in total. The van der Waals surface area contributed by atoms with Gasteiger partial charge in [-0.3, -0.25) is 14.9 Å². The maximum absolute atomic E-state index is 13.2. The lowest BCUT2D eigenvalue weighted by molar-refractivity contribution is -0.117. The van der Waals surface area contributed by atoms with Crippen LogP contribution >= 0.6 is 11.8 Å². The van der Waals surface area contributed by atoms with Gasteiger partial charge < -0.3 is 4.74 Å². The van der Waals surface area contributed by atoms with Crippen LogP contribution in [0.3, 0.4) is 0 Å². The lowest BCUT2D eigenvalue weighted by atomic mass is 10.2. The molecule has 4 rings (SSSR count). The zero-order valence-corrected chi connectivity index (χ0v) is 17.1. The molecule has 0 aliphatic heterocycles. The Labute approximate surface area is 180 Å². The fraction of sp³-hybridized carbons (Fsp3) is 0.0952. The maximum atomic E-state index is 13.2. The monoisotopic (exact) mass is 437 g/mol. The largest absolute Gasteiger partial charge is 0.497 e. The van der Waals surface area contributed by atoms with Crippen molar-refractivity contribution >= 4 is 34.6 Å². The molecular formula is C21H16FN5O3S. The van der Waals surface area contributed by atoms with Crippen LogP contribution in [0, 0.1) is 5.82 Å². The fourth-order valence-electron chi connectivity index (χ4n) is 2.82. The van der Waals surface area contributed by atoms with E-state index in [1.165, 1.54) is 25.6 Å². The number of hydrogen-bond donors (Lipinski definition) is 1. The minimum absolute atomic E-state index is 0.0181. The molecule has 8 nitrogen and oxygen atoms in total. The van der Waals surface area contributed by atoms with Crippen molar-refractivity contribution in [1.29, 1.82) is 0 Å². The molecule has 0 atom stereocenters. The summed E-state index contributed by atoms with van der Waals surface area (Å²) in [6.45, 7) is 0. The highest BCUT2D eigenvalue weighted by atomic mass is 32.2. The molecule has 2 aromatic carbocycles. The summed E-state index contributed by atoms with van der Waals surface area (Å²) in [5, 5.41) is 7.84. The molecule has 0 aliphatic carbocycles. The number of rotatable bonds is 6. The van der Waals surface area contributed by atoms with Crippen LogP contribution in [-0.2, 0) is 4.79 Å². The van der Waals surface area contributed by atoms with Crippen LogP contribution in [0.25, 0.3) is 16.7 Å². The summed E-state index contributed by atoms with van der Waals surface area (Å²) in [6.07, 6.45) is 2.95. The number of fused-ring (bicyclic) bond motifs is 1. The molecule has 156 valence electrons. The first kappa shape index (κ1) is 20.5. The Balaban J connectivity index is 1.44. The summed E-state index contributed by atoms with van der Waals surface area (Å²) in [7, 11) is 1.53. The second-order valence-corrected chi connectivity index (χ2v) is 7.31. The Hall–Kier alpha value is -3.79. The van der Waals surface area contributed by atoms with E-state index in [2.05, 4.69) is 20.4 Å². The van der Waals surface area contributed by atoms with E-state index in [9.17, 15) is 14.0 Å². The average Bonchev–Trinajstić information content (AvgIpc) is 3.23. The molecule has 2 heterocycles. The highest BCUT2D eigenvalue weighted by molar-refractivity contribution is 8.00. The summed E-state index contributed by atoms with van der Waals surface area (Å²) < 4.78 is 19.8. The minimum Gasteiger partial charge on any atom is -0.497 e. The van der Waals surface area contributed by atoms with Gasteiger partial charge in [0.2, 0.25) is 5.91 Å². The lowest BCUT2D eigenvalue weighted by Crippen LogP contribution is -2.31. The van der Waals surface area contributed by atoms with E-state index in [0.717, 1.165) is 11.8 Å². The summed E-state index contributed by atoms with van der Waals surface area (Å²) >= 11 is 1.16. The van der Waals surface area contributed by atoms with Gasteiger partial charge >= 0.3 is 0 Å². The molecule has 0 bridgehead atoms. The van der Waals surface area contributed by atoms with Gasteiger partial charge in [0.05, 0.1) is 30.1 Å². The van der Waals surface area contributed by atoms with Gasteiger partial charge in [-0.15, -0.1) is 0 Å². The van der Waals surface area contributed by atoms with Crippen LogP contribution in [0.15, 0.2) is 66.1 Å². The molecule has 0 saturated carbocycles. The molecule has 0 unspecified atom stereocenters. The predicted octanol–water partition coefficient (Wildman–Crippen LogP) is 3.01. The number of imide groups is 1. The standard InChI is InChI=1S/C21H16FN5O3S/c1-30-16-8-2-13(3-9-16)20(29)26-18(28)11-31-21-17-10-25-27(19(17)23-12-24-21)15-6-4-14(22)5-7-15/h2-10,12H,11H2,1H3,(H,26,28,29). The van der Waals surface area contributed by atoms with Crippen LogP contribution < -0.4 is 10.1 Å². The van der Waals surface area contributed by atoms with Crippen LogP contribution in [0.1, 0.15) is 10.4 Å². The van der Waals surface area contributed by atoms with E-state index in [-0.39, 0.29) is 11.6 Å². The molecule has 0 spiro atoms. The van der Waals surface area contributed by atoms with Gasteiger partial charge in [0, 0.05) is 5.56 Å². The predicted molar refractivity (Wildman–Crippen MR) is 113 cm³/mol. The van der Waals surface area contributed by atoms with Crippen LogP contribution in [-0.4, -0.2) is 44.4 Å². The smallest absolute Gasteiger partial charge is 0.257 e. The third-order valence-electron chi connectivity index (χ3n) is 4.35. The second kappa shape index (κ2) is 8.92. The topological polar surface area (TPSA) is 99.0 Å². The van der Waals surface area contributed by atoms with Crippen LogP contribution in [0.5, 0.6) is 5.75 Å². The summed E-state index contributed by atoms with van der Waals surface area (Å²) in [6, 6.07) is 12.3. The molecule has 0 aliphatic rings. The molecule has 0 fully saturated rings. The van der Waals surface area contributed by atoms with Crippen molar-refractivity contribution in [3.8, 4) is 11.4 Å². The molecule has 0 saturated heterocycles. The highest BCUT2D eigenvalue weighted by Crippen LogP contribution is 2.25. The maximum Gasteiger partial charge on any atom is 0.257 e. The highest BCUT2D eigenvalue weighted by Gasteiger charge is 2.15. The Kier molecular flexibility index (Phi) is 5.89. The van der Waals surface area contributed by atoms with Crippen LogP contribution in [0.2, 0.25) is 0 Å². The number of amides is 2. The zero-order chi connectivity index (χ0) is 21.8. The molecule has 4 aromatic rings. The Bertz CT molecular complexity index is 1240. The lowest BCUT2D eigenvalue weighted by Gasteiger charge is -2.06. The number of halogens is 1. The van der Waals surface area contributed by atoms with Gasteiger partial charge in [0.15, 0.2) is 5.65 Å². The van der Waals surface area contributed by atoms with Crippen LogP contribution in [0.4, 0.5) is 4.39 Å². The van der Waals surface area contributed by atoms with Gasteiger partial charge in [-0.05, 0) is 48.5 Å². The quantitative estimate of drug-likeness (QED) is 0.366. The summed E-state index contributed by atoms with van der Waals surface area (Å²) in [5.41, 5.74) is 1.52. The van der Waals surface area contributed by atoms with Gasteiger partial charge in [-0.2, -0.15) is 5.10 Å². The number of benzene rings is 2. The van der Waals surface area contributed by atoms with Crippen molar-refractivity contribution in [3.63, 3.8) is 0 Å². The van der Waals surface area contributed by atoms with Crippen molar-refractivity contribution in [3.05, 3.63) is 72.4 Å². The number of hydrogen-bond acceptors (Lipinski definition) is 7. The second-order valence-electron chi connectivity index (χ2n) is 6.34. The molecule has 2 amide bonds. The Morgan fingerprint density at radius 3 is 2.55 bits per heavy atom. The first-order valence-electron chi connectivity index (χ1n) is 9.11. The van der Waals surface area contributed by atoms with Crippen molar-refractivity contribution < 1.29 is 18.7 Å². The van der Waals surface area contributed by atoms with Gasteiger partial charge in [-0.1, -0.05) is 11.8 Å². The number of carbonyl (C=O) groups is 2. The van der Waals surface area contributed by atoms with Crippen molar-refractivity contribution in [2.45, 2.75) is 5.03 Å². The fourth-order valence-corrected chi connectivity index (χ4v) is 3.58. The summed E-state index contributed by atoms with van der Waals surface area (Å²) in [4.78, 5) is 32.9. The van der Waals surface area contributed by atoms with E-state index in [0.29, 0.717) is 33.1 Å². The third kappa shape index (κ3) is 4.53. The molecular weight excluding hydrogens is 421 g/mol. The average molecular weight is 437 g/mol. The van der Waals surface area contributed by atoms with E-state index < -0.39 is 11.8 Å². The van der Waals surface area contributed by atoms with Crippen molar-refractivity contribution in [2.24, 2.45) is 0 Å². The third-order valence-corrected chi connectivity index (χ3v) is 5.35. The minimum atomic E-state index is -0.495.